The molecule has 1 amide bonds. The number of nitrogens with two attached hydrogens (primary N) is 1. The summed E-state index contributed by atoms with van der Waals surface area (Å²) in [6.45, 7) is 6.39. The minimum atomic E-state index is -0.0998. The number of carbonyl (C=O) groups excluding carboxylic acids is 1. The lowest BCUT2D eigenvalue weighted by Gasteiger charge is -2.45. The lowest BCUT2D eigenvalue weighted by atomic mass is 9.61. The van der Waals surface area contributed by atoms with E-state index in [9.17, 15) is 4.79 Å². The molecule has 1 aliphatic rings. The van der Waals surface area contributed by atoms with Crippen LogP contribution in [0.4, 0.5) is 5.69 Å². The van der Waals surface area contributed by atoms with Crippen molar-refractivity contribution in [1.29, 1.82) is 0 Å². The van der Waals surface area contributed by atoms with Crippen LogP contribution in [0.25, 0.3) is 0 Å². The number of anilines is 1. The minimum absolute atomic E-state index is 0.0255. The Morgan fingerprint density at radius 2 is 2.00 bits per heavy atom. The molecule has 0 radical (unpaired) electrons. The highest BCUT2D eigenvalue weighted by Crippen LogP contribution is 2.44. The van der Waals surface area contributed by atoms with Crippen LogP contribution in [0.15, 0.2) is 18.7 Å². The summed E-state index contributed by atoms with van der Waals surface area (Å²) in [7, 11) is 0. The second kappa shape index (κ2) is 5.25. The van der Waals surface area contributed by atoms with Crippen molar-refractivity contribution in [2.24, 2.45) is 23.0 Å². The van der Waals surface area contributed by atoms with Crippen LogP contribution in [-0.2, 0) is 4.79 Å². The van der Waals surface area contributed by atoms with Crippen molar-refractivity contribution in [2.45, 2.75) is 39.7 Å². The fraction of sp³-hybridized carbons (Fsp3) is 0.643. The summed E-state index contributed by atoms with van der Waals surface area (Å²) < 4.78 is 0. The zero-order valence-corrected chi connectivity index (χ0v) is 11.8. The number of carbonyl (C=O) groups is 1. The average Bonchev–Trinajstić information content (AvgIpc) is 2.37. The molecule has 1 aliphatic carbocycles. The first-order valence-electron chi connectivity index (χ1n) is 6.74. The molecular weight excluding hydrogens is 240 g/mol. The zero-order valence-electron chi connectivity index (χ0n) is 11.8. The molecule has 1 aromatic heterocycles. The lowest BCUT2D eigenvalue weighted by Crippen LogP contribution is -2.50. The van der Waals surface area contributed by atoms with Crippen molar-refractivity contribution >= 4 is 11.6 Å². The summed E-state index contributed by atoms with van der Waals surface area (Å²) in [4.78, 5) is 20.2. The summed E-state index contributed by atoms with van der Waals surface area (Å²) in [6.07, 6.45) is 6.39. The normalized spacial score (nSPS) is 29.8. The Bertz CT molecular complexity index is 446. The quantitative estimate of drug-likeness (QED) is 0.851. The number of aromatic nitrogens is 2. The summed E-state index contributed by atoms with van der Waals surface area (Å²) >= 11 is 0. The molecular formula is C14H22N4O. The Labute approximate surface area is 114 Å². The van der Waals surface area contributed by atoms with Gasteiger partial charge in [-0.15, -0.1) is 0 Å². The van der Waals surface area contributed by atoms with E-state index in [2.05, 4.69) is 36.1 Å². The Morgan fingerprint density at radius 1 is 1.37 bits per heavy atom. The molecule has 0 aliphatic heterocycles. The van der Waals surface area contributed by atoms with Gasteiger partial charge < -0.3 is 11.1 Å². The van der Waals surface area contributed by atoms with Gasteiger partial charge in [0.25, 0.3) is 0 Å². The highest BCUT2D eigenvalue weighted by atomic mass is 16.1. The van der Waals surface area contributed by atoms with E-state index in [-0.39, 0.29) is 23.3 Å². The van der Waals surface area contributed by atoms with Gasteiger partial charge in [0, 0.05) is 12.0 Å². The van der Waals surface area contributed by atoms with Gasteiger partial charge in [-0.3, -0.25) is 4.79 Å². The molecule has 0 aromatic carbocycles. The van der Waals surface area contributed by atoms with Crippen LogP contribution < -0.4 is 11.1 Å². The number of amides is 1. The van der Waals surface area contributed by atoms with Gasteiger partial charge in [-0.1, -0.05) is 20.8 Å². The summed E-state index contributed by atoms with van der Waals surface area (Å²) in [5, 5.41) is 2.90. The first-order chi connectivity index (χ1) is 8.93. The van der Waals surface area contributed by atoms with E-state index < -0.39 is 0 Å². The molecule has 0 bridgehead atoms. The molecule has 1 saturated carbocycles. The van der Waals surface area contributed by atoms with Crippen molar-refractivity contribution in [1.82, 2.24) is 9.97 Å². The van der Waals surface area contributed by atoms with Crippen molar-refractivity contribution in [2.75, 3.05) is 5.32 Å². The van der Waals surface area contributed by atoms with Gasteiger partial charge in [-0.25, -0.2) is 9.97 Å². The van der Waals surface area contributed by atoms with Crippen LogP contribution in [0.2, 0.25) is 0 Å². The van der Waals surface area contributed by atoms with E-state index in [0.29, 0.717) is 11.6 Å². The predicted molar refractivity (Wildman–Crippen MR) is 74.3 cm³/mol. The van der Waals surface area contributed by atoms with Gasteiger partial charge in [0.15, 0.2) is 0 Å². The predicted octanol–water partition coefficient (Wildman–Crippen LogP) is 1.81. The van der Waals surface area contributed by atoms with E-state index >= 15 is 0 Å². The minimum Gasteiger partial charge on any atom is -0.327 e. The SMILES string of the molecule is CC1C(N)CCC(C(=O)Nc2cncnc2)C1(C)C. The van der Waals surface area contributed by atoms with E-state index in [1.165, 1.54) is 6.33 Å². The summed E-state index contributed by atoms with van der Waals surface area (Å²) in [6, 6.07) is 0.180. The first kappa shape index (κ1) is 13.9. The van der Waals surface area contributed by atoms with Crippen LogP contribution >= 0.6 is 0 Å². The molecule has 104 valence electrons. The van der Waals surface area contributed by atoms with Gasteiger partial charge in [0.05, 0.1) is 18.1 Å². The zero-order chi connectivity index (χ0) is 14.0. The van der Waals surface area contributed by atoms with Crippen LogP contribution in [-0.4, -0.2) is 21.9 Å². The molecule has 19 heavy (non-hydrogen) atoms. The molecule has 5 nitrogen and oxygen atoms in total. The Morgan fingerprint density at radius 3 is 2.63 bits per heavy atom. The maximum Gasteiger partial charge on any atom is 0.228 e. The molecule has 0 saturated heterocycles. The van der Waals surface area contributed by atoms with Crippen LogP contribution in [0.1, 0.15) is 33.6 Å². The molecule has 0 spiro atoms. The molecule has 3 atom stereocenters. The number of nitrogens with zero attached hydrogens (tertiary/aromatic N) is 2. The van der Waals surface area contributed by atoms with Crippen LogP contribution in [0.5, 0.6) is 0 Å². The summed E-state index contributed by atoms with van der Waals surface area (Å²) in [5.74, 6) is 0.338. The number of nitrogens with one attached hydrogen (secondary N) is 1. The third kappa shape index (κ3) is 2.76. The van der Waals surface area contributed by atoms with Crippen LogP contribution in [0, 0.1) is 17.3 Å². The van der Waals surface area contributed by atoms with Gasteiger partial charge in [-0.05, 0) is 24.2 Å². The Balaban J connectivity index is 2.11. The molecule has 1 heterocycles. The Kier molecular flexibility index (Phi) is 3.85. The largest absolute Gasteiger partial charge is 0.327 e. The molecule has 5 heteroatoms. The maximum atomic E-state index is 12.4. The first-order valence-corrected chi connectivity index (χ1v) is 6.74. The molecule has 3 N–H and O–H groups in total. The van der Waals surface area contributed by atoms with E-state index in [1.54, 1.807) is 12.4 Å². The van der Waals surface area contributed by atoms with Crippen molar-refractivity contribution in [3.63, 3.8) is 0 Å². The second-order valence-corrected chi connectivity index (χ2v) is 6.02. The molecule has 1 fully saturated rings. The Hall–Kier alpha value is -1.49. The molecule has 2 rings (SSSR count). The number of rotatable bonds is 2. The number of hydrogen-bond donors (Lipinski definition) is 2. The topological polar surface area (TPSA) is 80.9 Å². The fourth-order valence-electron chi connectivity index (χ4n) is 2.91. The number of hydrogen-bond acceptors (Lipinski definition) is 4. The van der Waals surface area contributed by atoms with Crippen molar-refractivity contribution < 1.29 is 4.79 Å². The van der Waals surface area contributed by atoms with Crippen LogP contribution in [0.3, 0.4) is 0 Å². The fourth-order valence-corrected chi connectivity index (χ4v) is 2.91. The van der Waals surface area contributed by atoms with Gasteiger partial charge in [0.1, 0.15) is 6.33 Å². The van der Waals surface area contributed by atoms with Gasteiger partial charge >= 0.3 is 0 Å². The highest BCUT2D eigenvalue weighted by Gasteiger charge is 2.44. The lowest BCUT2D eigenvalue weighted by molar-refractivity contribution is -0.127. The summed E-state index contributed by atoms with van der Waals surface area (Å²) in [5.41, 5.74) is 6.66. The maximum absolute atomic E-state index is 12.4. The average molecular weight is 262 g/mol. The van der Waals surface area contributed by atoms with Gasteiger partial charge in [-0.2, -0.15) is 0 Å². The molecule has 1 aromatic rings. The van der Waals surface area contributed by atoms with Crippen molar-refractivity contribution in [3.8, 4) is 0 Å². The van der Waals surface area contributed by atoms with E-state index in [0.717, 1.165) is 12.8 Å². The van der Waals surface area contributed by atoms with E-state index in [1.807, 2.05) is 0 Å². The second-order valence-electron chi connectivity index (χ2n) is 6.02. The van der Waals surface area contributed by atoms with Crippen molar-refractivity contribution in [3.05, 3.63) is 18.7 Å². The standard InChI is InChI=1S/C14H22N4O/c1-9-12(15)5-4-11(14(9,2)3)13(19)18-10-6-16-8-17-7-10/h6-9,11-12H,4-5,15H2,1-3H3,(H,18,19). The van der Waals surface area contributed by atoms with E-state index in [4.69, 9.17) is 5.73 Å². The molecule has 3 unspecified atom stereocenters. The monoisotopic (exact) mass is 262 g/mol. The third-order valence-corrected chi connectivity index (χ3v) is 4.65. The highest BCUT2D eigenvalue weighted by molar-refractivity contribution is 5.92. The third-order valence-electron chi connectivity index (χ3n) is 4.65. The smallest absolute Gasteiger partial charge is 0.228 e. The van der Waals surface area contributed by atoms with Gasteiger partial charge in [0.2, 0.25) is 5.91 Å².